The number of carbonyl (C=O) groups excluding carboxylic acids is 2. The van der Waals surface area contributed by atoms with Crippen LogP contribution in [0.4, 0.5) is 14.5 Å². The van der Waals surface area contributed by atoms with Gasteiger partial charge in [-0.15, -0.1) is 5.10 Å². The quantitative estimate of drug-likeness (QED) is 0.173. The van der Waals surface area contributed by atoms with Gasteiger partial charge in [-0.1, -0.05) is 28.9 Å². The van der Waals surface area contributed by atoms with Crippen molar-refractivity contribution in [1.82, 2.24) is 34.5 Å². The largest absolute Gasteiger partial charge is 0.457 e. The Balaban J connectivity index is 1.09. The first-order valence-electron chi connectivity index (χ1n) is 16.4. The maximum absolute atomic E-state index is 14.4. The number of aromatic nitrogens is 6. The normalized spacial score (nSPS) is 14.0. The van der Waals surface area contributed by atoms with Gasteiger partial charge in [0.15, 0.2) is 5.65 Å². The Morgan fingerprint density at radius 1 is 1.04 bits per heavy atom. The number of ether oxygens (including phenoxy) is 2. The highest BCUT2D eigenvalue weighted by atomic mass is 35.5. The van der Waals surface area contributed by atoms with Crippen LogP contribution in [0.5, 0.6) is 11.5 Å². The molecule has 0 atom stereocenters. The van der Waals surface area contributed by atoms with E-state index in [4.69, 9.17) is 21.1 Å². The summed E-state index contributed by atoms with van der Waals surface area (Å²) in [5.41, 5.74) is 3.54. The van der Waals surface area contributed by atoms with Crippen LogP contribution in [-0.2, 0) is 21.6 Å². The fourth-order valence-corrected chi connectivity index (χ4v) is 6.45. The summed E-state index contributed by atoms with van der Waals surface area (Å²) in [4.78, 5) is 33.4. The van der Waals surface area contributed by atoms with Crippen LogP contribution in [0.2, 0.25) is 5.02 Å². The van der Waals surface area contributed by atoms with E-state index in [0.29, 0.717) is 54.2 Å². The van der Waals surface area contributed by atoms with Gasteiger partial charge < -0.3 is 19.7 Å². The zero-order valence-electron chi connectivity index (χ0n) is 28.4. The predicted octanol–water partition coefficient (Wildman–Crippen LogP) is 6.75. The lowest BCUT2D eigenvalue weighted by Crippen LogP contribution is -2.52. The van der Waals surface area contributed by atoms with Gasteiger partial charge in [0, 0.05) is 73.9 Å². The van der Waals surface area contributed by atoms with Gasteiger partial charge in [0.2, 0.25) is 0 Å². The van der Waals surface area contributed by atoms with Crippen LogP contribution in [0.3, 0.4) is 0 Å². The summed E-state index contributed by atoms with van der Waals surface area (Å²) < 4.78 is 43.2. The van der Waals surface area contributed by atoms with Crippen molar-refractivity contribution in [3.05, 3.63) is 118 Å². The molecular weight excluding hydrogens is 694 g/mol. The molecule has 15 heteroatoms. The van der Waals surface area contributed by atoms with Gasteiger partial charge in [-0.05, 0) is 62.4 Å². The lowest BCUT2D eigenvalue weighted by atomic mass is 9.88. The molecule has 1 aliphatic rings. The number of nitrogens with zero attached hydrogens (tertiary/aromatic N) is 7. The van der Waals surface area contributed by atoms with Gasteiger partial charge in [0.05, 0.1) is 17.4 Å². The number of hydrogen-bond donors (Lipinski definition) is 1. The first kappa shape index (κ1) is 34.7. The minimum atomic E-state index is -1.13. The summed E-state index contributed by atoms with van der Waals surface area (Å²) in [7, 11) is 1.62. The molecule has 12 nitrogen and oxygen atoms in total. The molecule has 0 bridgehead atoms. The van der Waals surface area contributed by atoms with E-state index in [1.807, 2.05) is 19.9 Å². The number of nitrogens with one attached hydrogen (secondary N) is 1. The maximum Gasteiger partial charge on any atom is 0.261 e. The molecule has 0 spiro atoms. The number of amides is 2. The topological polar surface area (TPSA) is 129 Å². The molecule has 3 aromatic heterocycles. The standard InChI is InChI=1S/C37H33ClF2N8O4/c1-22-16-23(2)48-34(42-22)29(19-41-48)35(49)43-27-7-4-24(5-8-27)32-21-47(45-44-32)37(12-14-51-15-13-37)36(50)46(3)20-25-17-26(39)6-11-33(25)52-28-9-10-30(38)31(40)18-28/h4-11,16-19,21H,12-15,20H2,1-3H3,(H,43,49). The second-order valence-corrected chi connectivity index (χ2v) is 13.1. The van der Waals surface area contributed by atoms with Crippen LogP contribution in [0, 0.1) is 25.5 Å². The second kappa shape index (κ2) is 14.1. The van der Waals surface area contributed by atoms with Crippen molar-refractivity contribution in [2.45, 2.75) is 38.8 Å². The van der Waals surface area contributed by atoms with Gasteiger partial charge in [0.25, 0.3) is 11.8 Å². The highest BCUT2D eigenvalue weighted by molar-refractivity contribution is 6.30. The predicted molar refractivity (Wildman–Crippen MR) is 188 cm³/mol. The van der Waals surface area contributed by atoms with Crippen molar-refractivity contribution in [3.63, 3.8) is 0 Å². The summed E-state index contributed by atoms with van der Waals surface area (Å²) in [6, 6.07) is 16.9. The lowest BCUT2D eigenvalue weighted by Gasteiger charge is -2.38. The number of carbonyl (C=O) groups is 2. The molecule has 266 valence electrons. The van der Waals surface area contributed by atoms with Gasteiger partial charge >= 0.3 is 0 Å². The first-order valence-corrected chi connectivity index (χ1v) is 16.8. The van der Waals surface area contributed by atoms with Crippen LogP contribution < -0.4 is 10.1 Å². The third-order valence-corrected chi connectivity index (χ3v) is 9.31. The molecule has 7 rings (SSSR count). The molecule has 2 amide bonds. The Kier molecular flexibility index (Phi) is 9.42. The highest BCUT2D eigenvalue weighted by Crippen LogP contribution is 2.34. The van der Waals surface area contributed by atoms with Crippen molar-refractivity contribution in [3.8, 4) is 22.8 Å². The summed E-state index contributed by atoms with van der Waals surface area (Å²) in [6.45, 7) is 4.39. The van der Waals surface area contributed by atoms with Crippen molar-refractivity contribution in [2.24, 2.45) is 0 Å². The molecule has 0 radical (unpaired) electrons. The molecule has 6 aromatic rings. The van der Waals surface area contributed by atoms with Crippen LogP contribution in [0.25, 0.3) is 16.9 Å². The smallest absolute Gasteiger partial charge is 0.261 e. The maximum atomic E-state index is 14.4. The van der Waals surface area contributed by atoms with Crippen molar-refractivity contribution >= 4 is 34.7 Å². The summed E-state index contributed by atoms with van der Waals surface area (Å²) in [5, 5.41) is 15.9. The lowest BCUT2D eigenvalue weighted by molar-refractivity contribution is -0.146. The number of rotatable bonds is 9. The molecule has 3 aromatic carbocycles. The van der Waals surface area contributed by atoms with E-state index >= 15 is 0 Å². The van der Waals surface area contributed by atoms with Gasteiger partial charge in [-0.2, -0.15) is 5.10 Å². The summed E-state index contributed by atoms with van der Waals surface area (Å²) >= 11 is 5.81. The van der Waals surface area contributed by atoms with E-state index in [9.17, 15) is 18.4 Å². The van der Waals surface area contributed by atoms with Crippen molar-refractivity contribution in [1.29, 1.82) is 0 Å². The van der Waals surface area contributed by atoms with E-state index in [1.54, 1.807) is 46.7 Å². The fourth-order valence-electron chi connectivity index (χ4n) is 6.33. The minimum absolute atomic E-state index is 0.0100. The monoisotopic (exact) mass is 726 g/mol. The molecule has 1 N–H and O–H groups in total. The summed E-state index contributed by atoms with van der Waals surface area (Å²) in [6.07, 6.45) is 3.87. The molecule has 0 saturated carbocycles. The third-order valence-electron chi connectivity index (χ3n) is 9.01. The van der Waals surface area contributed by atoms with E-state index in [-0.39, 0.29) is 34.9 Å². The van der Waals surface area contributed by atoms with E-state index in [2.05, 4.69) is 25.7 Å². The Hall–Kier alpha value is -5.73. The number of halogens is 3. The molecule has 1 saturated heterocycles. The molecule has 1 aliphatic heterocycles. The number of likely N-dealkylation sites (N-methyl/N-ethyl adjacent to an activating group) is 1. The molecule has 52 heavy (non-hydrogen) atoms. The number of anilines is 1. The molecular formula is C37H33ClF2N8O4. The number of benzene rings is 3. The molecule has 0 aliphatic carbocycles. The molecule has 1 fully saturated rings. The van der Waals surface area contributed by atoms with Crippen LogP contribution in [0.1, 0.15) is 40.2 Å². The SMILES string of the molecule is Cc1cc(C)n2ncc(C(=O)Nc3ccc(-c4cn(C5(C(=O)N(C)Cc6cc(F)ccc6Oc6ccc(Cl)c(F)c6)CCOCC5)nn4)cc3)c2n1. The van der Waals surface area contributed by atoms with Gasteiger partial charge in [-0.25, -0.2) is 23.0 Å². The first-order chi connectivity index (χ1) is 25.0. The highest BCUT2D eigenvalue weighted by Gasteiger charge is 2.45. The number of fused-ring (bicyclic) bond motifs is 1. The second-order valence-electron chi connectivity index (χ2n) is 12.6. The van der Waals surface area contributed by atoms with Gasteiger partial charge in [0.1, 0.15) is 39.9 Å². The van der Waals surface area contributed by atoms with Crippen molar-refractivity contribution in [2.75, 3.05) is 25.6 Å². The van der Waals surface area contributed by atoms with Crippen LogP contribution >= 0.6 is 11.6 Å². The van der Waals surface area contributed by atoms with E-state index in [1.165, 1.54) is 41.4 Å². The summed E-state index contributed by atoms with van der Waals surface area (Å²) in [5.74, 6) is -1.36. The van der Waals surface area contributed by atoms with Crippen molar-refractivity contribution < 1.29 is 27.8 Å². The fraction of sp³-hybridized carbons (Fsp3) is 0.243. The van der Waals surface area contributed by atoms with Crippen LogP contribution in [0.15, 0.2) is 79.1 Å². The molecule has 0 unspecified atom stereocenters. The molecule has 4 heterocycles. The average molecular weight is 727 g/mol. The van der Waals surface area contributed by atoms with Crippen LogP contribution in [-0.4, -0.2) is 66.6 Å². The van der Waals surface area contributed by atoms with Gasteiger partial charge in [-0.3, -0.25) is 9.59 Å². The number of hydrogen-bond acceptors (Lipinski definition) is 8. The number of aryl methyl sites for hydroxylation is 2. The van der Waals surface area contributed by atoms with E-state index in [0.717, 1.165) is 23.0 Å². The minimum Gasteiger partial charge on any atom is -0.457 e. The Bertz CT molecular complexity index is 2300. The Morgan fingerprint density at radius 3 is 2.56 bits per heavy atom. The zero-order chi connectivity index (χ0) is 36.6. The van der Waals surface area contributed by atoms with E-state index < -0.39 is 17.2 Å². The average Bonchev–Trinajstić information content (AvgIpc) is 3.80. The Labute approximate surface area is 301 Å². The third kappa shape index (κ3) is 6.82. The zero-order valence-corrected chi connectivity index (χ0v) is 29.2. The Morgan fingerprint density at radius 2 is 1.81 bits per heavy atom.